The van der Waals surface area contributed by atoms with Gasteiger partial charge in [0.05, 0.1) is 0 Å². The summed E-state index contributed by atoms with van der Waals surface area (Å²) in [7, 11) is 0. The van der Waals surface area contributed by atoms with Gasteiger partial charge in [0, 0.05) is 23.3 Å². The van der Waals surface area contributed by atoms with E-state index in [2.05, 4.69) is 0 Å². The van der Waals surface area contributed by atoms with E-state index in [4.69, 9.17) is 10.8 Å². The van der Waals surface area contributed by atoms with Crippen LogP contribution in [0.2, 0.25) is 0 Å². The Kier molecular flexibility index (Phi) is 5.08. The van der Waals surface area contributed by atoms with E-state index in [1.54, 1.807) is 6.07 Å². The van der Waals surface area contributed by atoms with Gasteiger partial charge in [0.2, 0.25) is 0 Å². The Morgan fingerprint density at radius 3 is 2.80 bits per heavy atom. The first-order valence-electron chi connectivity index (χ1n) is 4.94. The molecule has 0 aliphatic rings. The molecule has 1 aromatic rings. The first kappa shape index (κ1) is 12.5. The molecular formula is C11H16FNOS. The fourth-order valence-electron chi connectivity index (χ4n) is 1.16. The first-order valence-corrected chi connectivity index (χ1v) is 5.92. The van der Waals surface area contributed by atoms with E-state index in [1.165, 1.54) is 17.8 Å². The highest BCUT2D eigenvalue weighted by Gasteiger charge is 2.06. The monoisotopic (exact) mass is 229 g/mol. The van der Waals surface area contributed by atoms with Crippen molar-refractivity contribution in [3.63, 3.8) is 0 Å². The van der Waals surface area contributed by atoms with Crippen LogP contribution in [0.25, 0.3) is 0 Å². The molecule has 3 N–H and O–H groups in total. The van der Waals surface area contributed by atoms with Crippen molar-refractivity contribution in [1.82, 2.24) is 0 Å². The molecule has 84 valence electrons. The smallest absolute Gasteiger partial charge is 0.137 e. The number of aliphatic hydroxyl groups is 1. The summed E-state index contributed by atoms with van der Waals surface area (Å²) >= 11 is 1.42. The molecule has 0 bridgehead atoms. The minimum absolute atomic E-state index is 0.143. The van der Waals surface area contributed by atoms with Crippen LogP contribution < -0.4 is 5.73 Å². The SMILES string of the molecule is C[C@@H](N)c1ccc(SCCCO)c(F)c1. The molecule has 0 heterocycles. The average Bonchev–Trinajstić information content (AvgIpc) is 2.20. The summed E-state index contributed by atoms with van der Waals surface area (Å²) in [5.41, 5.74) is 6.45. The van der Waals surface area contributed by atoms with Gasteiger partial charge in [-0.1, -0.05) is 6.07 Å². The number of hydrogen-bond donors (Lipinski definition) is 2. The van der Waals surface area contributed by atoms with E-state index in [9.17, 15) is 4.39 Å². The zero-order valence-electron chi connectivity index (χ0n) is 8.74. The summed E-state index contributed by atoms with van der Waals surface area (Å²) in [4.78, 5) is 0.618. The molecule has 0 fully saturated rings. The van der Waals surface area contributed by atoms with E-state index < -0.39 is 0 Å². The van der Waals surface area contributed by atoms with Crippen LogP contribution in [0.1, 0.15) is 24.9 Å². The van der Waals surface area contributed by atoms with Crippen LogP contribution >= 0.6 is 11.8 Å². The van der Waals surface area contributed by atoms with Crippen LogP contribution in [0.15, 0.2) is 23.1 Å². The molecule has 0 unspecified atom stereocenters. The van der Waals surface area contributed by atoms with E-state index >= 15 is 0 Å². The largest absolute Gasteiger partial charge is 0.396 e. The molecule has 4 heteroatoms. The zero-order valence-corrected chi connectivity index (χ0v) is 9.56. The van der Waals surface area contributed by atoms with Crippen LogP contribution in [-0.2, 0) is 0 Å². The molecule has 2 nitrogen and oxygen atoms in total. The Morgan fingerprint density at radius 1 is 1.53 bits per heavy atom. The van der Waals surface area contributed by atoms with Gasteiger partial charge in [-0.15, -0.1) is 11.8 Å². The minimum Gasteiger partial charge on any atom is -0.396 e. The van der Waals surface area contributed by atoms with Crippen molar-refractivity contribution in [3.8, 4) is 0 Å². The van der Waals surface area contributed by atoms with E-state index in [-0.39, 0.29) is 18.5 Å². The predicted molar refractivity (Wildman–Crippen MR) is 61.4 cm³/mol. The zero-order chi connectivity index (χ0) is 11.3. The number of benzene rings is 1. The standard InChI is InChI=1S/C11H16FNOS/c1-8(13)9-3-4-11(10(12)7-9)15-6-2-5-14/h3-4,7-8,14H,2,5-6,13H2,1H3/t8-/m1/s1. The molecule has 0 saturated carbocycles. The maximum atomic E-state index is 13.5. The molecule has 1 atom stereocenters. The lowest BCUT2D eigenvalue weighted by Crippen LogP contribution is -2.05. The first-order chi connectivity index (χ1) is 7.15. The predicted octanol–water partition coefficient (Wildman–Crippen LogP) is 2.32. The fourth-order valence-corrected chi connectivity index (χ4v) is 2.02. The quantitative estimate of drug-likeness (QED) is 0.601. The van der Waals surface area contributed by atoms with Crippen molar-refractivity contribution in [3.05, 3.63) is 29.6 Å². The molecule has 0 saturated heterocycles. The van der Waals surface area contributed by atoms with Crippen molar-refractivity contribution < 1.29 is 9.50 Å². The number of aliphatic hydroxyl groups excluding tert-OH is 1. The normalized spacial score (nSPS) is 12.8. The van der Waals surface area contributed by atoms with Crippen LogP contribution in [0, 0.1) is 5.82 Å². The molecule has 0 aromatic heterocycles. The maximum Gasteiger partial charge on any atom is 0.137 e. The summed E-state index contributed by atoms with van der Waals surface area (Å²) < 4.78 is 13.5. The molecule has 0 aliphatic heterocycles. The van der Waals surface area contributed by atoms with Gasteiger partial charge in [0.25, 0.3) is 0 Å². The molecule has 15 heavy (non-hydrogen) atoms. The van der Waals surface area contributed by atoms with Gasteiger partial charge >= 0.3 is 0 Å². The third-order valence-corrected chi connectivity index (χ3v) is 3.18. The number of thioether (sulfide) groups is 1. The summed E-state index contributed by atoms with van der Waals surface area (Å²) in [5, 5.41) is 8.61. The Morgan fingerprint density at radius 2 is 2.27 bits per heavy atom. The van der Waals surface area contributed by atoms with E-state index in [1.807, 2.05) is 13.0 Å². The number of hydrogen-bond acceptors (Lipinski definition) is 3. The second kappa shape index (κ2) is 6.10. The summed E-state index contributed by atoms with van der Waals surface area (Å²) in [6.45, 7) is 1.97. The van der Waals surface area contributed by atoms with Gasteiger partial charge < -0.3 is 10.8 Å². The minimum atomic E-state index is -0.229. The molecular weight excluding hydrogens is 213 g/mol. The van der Waals surface area contributed by atoms with Crippen LogP contribution in [0.4, 0.5) is 4.39 Å². The van der Waals surface area contributed by atoms with Gasteiger partial charge in [-0.2, -0.15) is 0 Å². The lowest BCUT2D eigenvalue weighted by Gasteiger charge is -2.08. The highest BCUT2D eigenvalue weighted by molar-refractivity contribution is 7.99. The average molecular weight is 229 g/mol. The van der Waals surface area contributed by atoms with Crippen LogP contribution in [-0.4, -0.2) is 17.5 Å². The third-order valence-electron chi connectivity index (χ3n) is 2.04. The van der Waals surface area contributed by atoms with Crippen molar-refractivity contribution >= 4 is 11.8 Å². The summed E-state index contributed by atoms with van der Waals surface area (Å²) in [6.07, 6.45) is 0.680. The Hall–Kier alpha value is -0.580. The number of rotatable bonds is 5. The summed E-state index contributed by atoms with van der Waals surface area (Å²) in [5.74, 6) is 0.498. The molecule has 0 aliphatic carbocycles. The Bertz CT molecular complexity index is 317. The van der Waals surface area contributed by atoms with Gasteiger partial charge in [-0.3, -0.25) is 0 Å². The summed E-state index contributed by atoms with van der Waals surface area (Å²) in [6, 6.07) is 4.92. The lowest BCUT2D eigenvalue weighted by molar-refractivity contribution is 0.296. The molecule has 0 spiro atoms. The third kappa shape index (κ3) is 3.81. The van der Waals surface area contributed by atoms with E-state index in [0.717, 1.165) is 11.3 Å². The van der Waals surface area contributed by atoms with Crippen LogP contribution in [0.3, 0.4) is 0 Å². The van der Waals surface area contributed by atoms with Gasteiger partial charge in [-0.25, -0.2) is 4.39 Å². The maximum absolute atomic E-state index is 13.5. The topological polar surface area (TPSA) is 46.2 Å². The van der Waals surface area contributed by atoms with Crippen molar-refractivity contribution in [1.29, 1.82) is 0 Å². The lowest BCUT2D eigenvalue weighted by atomic mass is 10.1. The molecule has 0 radical (unpaired) electrons. The second-order valence-corrected chi connectivity index (χ2v) is 4.54. The Labute approximate surface area is 93.7 Å². The van der Waals surface area contributed by atoms with Gasteiger partial charge in [-0.05, 0) is 31.0 Å². The highest BCUT2D eigenvalue weighted by Crippen LogP contribution is 2.24. The van der Waals surface area contributed by atoms with Crippen molar-refractivity contribution in [2.75, 3.05) is 12.4 Å². The second-order valence-electron chi connectivity index (χ2n) is 3.40. The van der Waals surface area contributed by atoms with Crippen molar-refractivity contribution in [2.45, 2.75) is 24.3 Å². The van der Waals surface area contributed by atoms with Crippen molar-refractivity contribution in [2.24, 2.45) is 5.73 Å². The fraction of sp³-hybridized carbons (Fsp3) is 0.455. The highest BCUT2D eigenvalue weighted by atomic mass is 32.2. The number of halogens is 1. The van der Waals surface area contributed by atoms with E-state index in [0.29, 0.717) is 11.3 Å². The molecule has 1 rings (SSSR count). The van der Waals surface area contributed by atoms with Gasteiger partial charge in [0.1, 0.15) is 5.82 Å². The Balaban J connectivity index is 2.66. The molecule has 1 aromatic carbocycles. The number of nitrogens with two attached hydrogens (primary N) is 1. The van der Waals surface area contributed by atoms with Crippen LogP contribution in [0.5, 0.6) is 0 Å². The molecule has 0 amide bonds. The van der Waals surface area contributed by atoms with Gasteiger partial charge in [0.15, 0.2) is 0 Å².